The predicted octanol–water partition coefficient (Wildman–Crippen LogP) is 2.08. The summed E-state index contributed by atoms with van der Waals surface area (Å²) in [7, 11) is 0. The van der Waals surface area contributed by atoms with Gasteiger partial charge in [0.05, 0.1) is 0 Å². The molecular weight excluding hydrogens is 122 g/mol. The highest BCUT2D eigenvalue weighted by Gasteiger charge is 2.22. The Hall–Kier alpha value is -0.0400. The molecule has 1 heterocycles. The highest BCUT2D eigenvalue weighted by Crippen LogP contribution is 2.21. The van der Waals surface area contributed by atoms with E-state index in [4.69, 9.17) is 0 Å². The maximum atomic E-state index is 3.94. The van der Waals surface area contributed by atoms with Crippen molar-refractivity contribution in [3.63, 3.8) is 0 Å². The van der Waals surface area contributed by atoms with Crippen LogP contribution in [0.1, 0.15) is 33.1 Å². The minimum Gasteiger partial charge on any atom is -0.298 e. The Morgan fingerprint density at radius 3 is 2.10 bits per heavy atom. The van der Waals surface area contributed by atoms with Crippen LogP contribution in [-0.2, 0) is 0 Å². The minimum absolute atomic E-state index is 0.765. The quantitative estimate of drug-likeness (QED) is 0.539. The molecule has 0 unspecified atom stereocenters. The molecule has 59 valence electrons. The third-order valence-corrected chi connectivity index (χ3v) is 2.63. The summed E-state index contributed by atoms with van der Waals surface area (Å²) >= 11 is 0. The molecule has 1 saturated heterocycles. The molecule has 0 bridgehead atoms. The Morgan fingerprint density at radius 1 is 1.30 bits per heavy atom. The zero-order valence-electron chi connectivity index (χ0n) is 7.14. The van der Waals surface area contributed by atoms with Crippen LogP contribution in [0.2, 0.25) is 0 Å². The molecule has 10 heavy (non-hydrogen) atoms. The molecule has 0 saturated carbocycles. The molecule has 0 aromatic heterocycles. The van der Waals surface area contributed by atoms with Crippen molar-refractivity contribution in [1.82, 2.24) is 4.90 Å². The van der Waals surface area contributed by atoms with E-state index in [0.29, 0.717) is 0 Å². The molecular formula is C9H18N. The second kappa shape index (κ2) is 3.38. The fourth-order valence-corrected chi connectivity index (χ4v) is 1.92. The molecule has 0 N–H and O–H groups in total. The van der Waals surface area contributed by atoms with Gasteiger partial charge < -0.3 is 0 Å². The van der Waals surface area contributed by atoms with Crippen LogP contribution in [0.3, 0.4) is 0 Å². The van der Waals surface area contributed by atoms with Crippen molar-refractivity contribution >= 4 is 0 Å². The average molecular weight is 140 g/mol. The topological polar surface area (TPSA) is 3.24 Å². The fraction of sp³-hybridized carbons (Fsp3) is 0.889. The van der Waals surface area contributed by atoms with Crippen LogP contribution in [0.15, 0.2) is 0 Å². The SMILES string of the molecule is [CH2]CN1[C@H](C)CCC[C@@H]1C. The van der Waals surface area contributed by atoms with E-state index in [9.17, 15) is 0 Å². The summed E-state index contributed by atoms with van der Waals surface area (Å²) in [6, 6.07) is 1.53. The van der Waals surface area contributed by atoms with Crippen molar-refractivity contribution in [2.24, 2.45) is 0 Å². The minimum atomic E-state index is 0.765. The first-order valence-electron chi connectivity index (χ1n) is 4.30. The van der Waals surface area contributed by atoms with Gasteiger partial charge in [0.15, 0.2) is 0 Å². The van der Waals surface area contributed by atoms with Crippen molar-refractivity contribution in [2.75, 3.05) is 6.54 Å². The van der Waals surface area contributed by atoms with Gasteiger partial charge in [-0.2, -0.15) is 0 Å². The van der Waals surface area contributed by atoms with Gasteiger partial charge in [-0.3, -0.25) is 4.90 Å². The van der Waals surface area contributed by atoms with Crippen LogP contribution < -0.4 is 0 Å². The summed E-state index contributed by atoms with van der Waals surface area (Å²) in [4.78, 5) is 2.49. The number of piperidine rings is 1. The van der Waals surface area contributed by atoms with E-state index in [1.807, 2.05) is 0 Å². The van der Waals surface area contributed by atoms with Crippen molar-refractivity contribution in [3.05, 3.63) is 6.92 Å². The first-order valence-corrected chi connectivity index (χ1v) is 4.30. The smallest absolute Gasteiger partial charge is 0.00697 e. The van der Waals surface area contributed by atoms with Gasteiger partial charge in [-0.15, -0.1) is 0 Å². The van der Waals surface area contributed by atoms with E-state index in [1.165, 1.54) is 19.3 Å². The Bertz CT molecular complexity index is 90.9. The lowest BCUT2D eigenvalue weighted by atomic mass is 9.98. The Kier molecular flexibility index (Phi) is 2.72. The number of rotatable bonds is 1. The van der Waals surface area contributed by atoms with E-state index in [-0.39, 0.29) is 0 Å². The fourth-order valence-electron chi connectivity index (χ4n) is 1.92. The third kappa shape index (κ3) is 1.51. The zero-order valence-corrected chi connectivity index (χ0v) is 7.14. The maximum Gasteiger partial charge on any atom is 0.00697 e. The Morgan fingerprint density at radius 2 is 1.80 bits per heavy atom. The molecule has 1 nitrogen and oxygen atoms in total. The number of hydrogen-bond donors (Lipinski definition) is 0. The van der Waals surface area contributed by atoms with Gasteiger partial charge in [0, 0.05) is 12.1 Å². The van der Waals surface area contributed by atoms with E-state index in [0.717, 1.165) is 18.6 Å². The van der Waals surface area contributed by atoms with E-state index >= 15 is 0 Å². The van der Waals surface area contributed by atoms with Gasteiger partial charge in [-0.1, -0.05) is 6.42 Å². The van der Waals surface area contributed by atoms with Crippen molar-refractivity contribution < 1.29 is 0 Å². The zero-order chi connectivity index (χ0) is 7.56. The van der Waals surface area contributed by atoms with E-state index < -0.39 is 0 Å². The summed E-state index contributed by atoms with van der Waals surface area (Å²) in [6.45, 7) is 9.52. The summed E-state index contributed by atoms with van der Waals surface area (Å²) in [6.07, 6.45) is 4.12. The average Bonchev–Trinajstić information content (AvgIpc) is 1.88. The summed E-state index contributed by atoms with van der Waals surface area (Å²) in [5, 5.41) is 0. The monoisotopic (exact) mass is 140 g/mol. The van der Waals surface area contributed by atoms with Crippen LogP contribution in [0.5, 0.6) is 0 Å². The van der Waals surface area contributed by atoms with Gasteiger partial charge >= 0.3 is 0 Å². The van der Waals surface area contributed by atoms with Crippen LogP contribution in [0.4, 0.5) is 0 Å². The second-order valence-corrected chi connectivity index (χ2v) is 3.37. The maximum absolute atomic E-state index is 3.94. The summed E-state index contributed by atoms with van der Waals surface area (Å²) < 4.78 is 0. The molecule has 0 spiro atoms. The predicted molar refractivity (Wildman–Crippen MR) is 44.8 cm³/mol. The van der Waals surface area contributed by atoms with Gasteiger partial charge in [-0.05, 0) is 40.2 Å². The Labute approximate surface area is 64.4 Å². The molecule has 1 radical (unpaired) electrons. The molecule has 0 aromatic rings. The summed E-state index contributed by atoms with van der Waals surface area (Å²) in [5.74, 6) is 0. The van der Waals surface area contributed by atoms with Gasteiger partial charge in [0.25, 0.3) is 0 Å². The molecule has 0 amide bonds. The number of hydrogen-bond acceptors (Lipinski definition) is 1. The first kappa shape index (κ1) is 8.06. The van der Waals surface area contributed by atoms with Gasteiger partial charge in [0.2, 0.25) is 0 Å². The van der Waals surface area contributed by atoms with Crippen LogP contribution in [0, 0.1) is 6.92 Å². The molecule has 1 heteroatoms. The first-order chi connectivity index (χ1) is 4.75. The molecule has 2 atom stereocenters. The van der Waals surface area contributed by atoms with E-state index in [1.54, 1.807) is 0 Å². The Balaban J connectivity index is 2.45. The highest BCUT2D eigenvalue weighted by atomic mass is 15.2. The normalized spacial score (nSPS) is 36.3. The van der Waals surface area contributed by atoms with E-state index in [2.05, 4.69) is 25.7 Å². The van der Waals surface area contributed by atoms with Crippen molar-refractivity contribution in [1.29, 1.82) is 0 Å². The van der Waals surface area contributed by atoms with Crippen molar-refractivity contribution in [3.8, 4) is 0 Å². The molecule has 1 rings (SSSR count). The lowest BCUT2D eigenvalue weighted by molar-refractivity contribution is 0.118. The standard InChI is InChI=1S/C9H18N/c1-4-10-8(2)6-5-7-9(10)3/h8-9H,1,4-7H2,2-3H3/t8-,9+. The van der Waals surface area contributed by atoms with Crippen LogP contribution >= 0.6 is 0 Å². The molecule has 1 fully saturated rings. The molecule has 0 aromatic carbocycles. The number of nitrogens with zero attached hydrogens (tertiary/aromatic N) is 1. The lowest BCUT2D eigenvalue weighted by Gasteiger charge is -2.38. The molecule has 0 aliphatic carbocycles. The summed E-state index contributed by atoms with van der Waals surface area (Å²) in [5.41, 5.74) is 0. The van der Waals surface area contributed by atoms with Crippen LogP contribution in [0.25, 0.3) is 0 Å². The largest absolute Gasteiger partial charge is 0.298 e. The molecule has 1 aliphatic heterocycles. The van der Waals surface area contributed by atoms with Crippen LogP contribution in [-0.4, -0.2) is 23.5 Å². The third-order valence-electron chi connectivity index (χ3n) is 2.63. The lowest BCUT2D eigenvalue weighted by Crippen LogP contribution is -2.43. The highest BCUT2D eigenvalue weighted by molar-refractivity contribution is 4.79. The van der Waals surface area contributed by atoms with Crippen molar-refractivity contribution in [2.45, 2.75) is 45.2 Å². The second-order valence-electron chi connectivity index (χ2n) is 3.37. The molecule has 1 aliphatic rings. The van der Waals surface area contributed by atoms with Gasteiger partial charge in [0.1, 0.15) is 0 Å². The van der Waals surface area contributed by atoms with Gasteiger partial charge in [-0.25, -0.2) is 0 Å². The number of likely N-dealkylation sites (tertiary alicyclic amines) is 1.